The van der Waals surface area contributed by atoms with Gasteiger partial charge in [-0.1, -0.05) is 11.6 Å². The summed E-state index contributed by atoms with van der Waals surface area (Å²) in [6, 6.07) is 8.94. The quantitative estimate of drug-likeness (QED) is 0.584. The van der Waals surface area contributed by atoms with Crippen LogP contribution in [0.15, 0.2) is 30.3 Å². The fourth-order valence-electron chi connectivity index (χ4n) is 3.35. The molecule has 5 nitrogen and oxygen atoms in total. The number of esters is 1. The normalized spacial score (nSPS) is 16.0. The molecule has 1 aromatic carbocycles. The number of nitrogens with one attached hydrogen (secondary N) is 1. The SMILES string of the molecule is Cc1cc(CC(=O)OCC2CCCN2)n(C)c1C(=O)c1ccc(Cl)cc1.Cl. The van der Waals surface area contributed by atoms with Crippen molar-refractivity contribution in [2.45, 2.75) is 32.2 Å². The highest BCUT2D eigenvalue weighted by Gasteiger charge is 2.21. The first-order valence-electron chi connectivity index (χ1n) is 8.80. The van der Waals surface area contributed by atoms with Crippen LogP contribution in [0, 0.1) is 6.92 Å². The van der Waals surface area contributed by atoms with Crippen molar-refractivity contribution in [3.63, 3.8) is 0 Å². The molecule has 1 saturated heterocycles. The van der Waals surface area contributed by atoms with E-state index in [2.05, 4.69) is 5.32 Å². The molecular formula is C20H24Cl2N2O3. The first-order chi connectivity index (χ1) is 12.5. The summed E-state index contributed by atoms with van der Waals surface area (Å²) in [6.07, 6.45) is 2.31. The number of aromatic nitrogens is 1. The molecule has 2 aromatic rings. The molecule has 0 saturated carbocycles. The molecule has 7 heteroatoms. The third-order valence-electron chi connectivity index (χ3n) is 4.78. The zero-order valence-electron chi connectivity index (χ0n) is 15.5. The van der Waals surface area contributed by atoms with Gasteiger partial charge in [0, 0.05) is 29.4 Å². The second-order valence-corrected chi connectivity index (χ2v) is 7.15. The Bertz CT molecular complexity index is 809. The van der Waals surface area contributed by atoms with Gasteiger partial charge >= 0.3 is 5.97 Å². The van der Waals surface area contributed by atoms with E-state index in [0.717, 1.165) is 30.6 Å². The molecule has 1 N–H and O–H groups in total. The van der Waals surface area contributed by atoms with Crippen LogP contribution in [0.25, 0.3) is 0 Å². The van der Waals surface area contributed by atoms with Crippen molar-refractivity contribution in [2.75, 3.05) is 13.2 Å². The van der Waals surface area contributed by atoms with Crippen LogP contribution in [0.2, 0.25) is 5.02 Å². The largest absolute Gasteiger partial charge is 0.464 e. The zero-order chi connectivity index (χ0) is 18.7. The van der Waals surface area contributed by atoms with Crippen molar-refractivity contribution in [1.82, 2.24) is 9.88 Å². The van der Waals surface area contributed by atoms with Crippen molar-refractivity contribution in [1.29, 1.82) is 0 Å². The van der Waals surface area contributed by atoms with Crippen molar-refractivity contribution in [3.05, 3.63) is 57.9 Å². The molecule has 1 aromatic heterocycles. The van der Waals surface area contributed by atoms with Gasteiger partial charge in [0.25, 0.3) is 0 Å². The number of ether oxygens (including phenoxy) is 1. The number of carbonyl (C=O) groups excluding carboxylic acids is 2. The molecule has 146 valence electrons. The third-order valence-corrected chi connectivity index (χ3v) is 5.03. The summed E-state index contributed by atoms with van der Waals surface area (Å²) < 4.78 is 7.16. The Morgan fingerprint density at radius 3 is 2.63 bits per heavy atom. The minimum absolute atomic E-state index is 0. The predicted octanol–water partition coefficient (Wildman–Crippen LogP) is 3.48. The second-order valence-electron chi connectivity index (χ2n) is 6.72. The molecule has 0 radical (unpaired) electrons. The minimum Gasteiger partial charge on any atom is -0.464 e. The lowest BCUT2D eigenvalue weighted by atomic mass is 10.1. The van der Waals surface area contributed by atoms with Gasteiger partial charge in [0.2, 0.25) is 5.78 Å². The molecule has 0 spiro atoms. The molecule has 3 rings (SSSR count). The highest BCUT2D eigenvalue weighted by Crippen LogP contribution is 2.20. The zero-order valence-corrected chi connectivity index (χ0v) is 17.0. The lowest BCUT2D eigenvalue weighted by Gasteiger charge is -2.11. The number of rotatable bonds is 6. The molecule has 2 heterocycles. The summed E-state index contributed by atoms with van der Waals surface area (Å²) in [6.45, 7) is 3.26. The van der Waals surface area contributed by atoms with E-state index in [0.29, 0.717) is 22.9 Å². The molecule has 1 aliphatic rings. The Balaban J connectivity index is 0.00000261. The van der Waals surface area contributed by atoms with Gasteiger partial charge in [0.05, 0.1) is 12.1 Å². The van der Waals surface area contributed by atoms with Gasteiger partial charge < -0.3 is 14.6 Å². The smallest absolute Gasteiger partial charge is 0.311 e. The Morgan fingerprint density at radius 2 is 2.00 bits per heavy atom. The highest BCUT2D eigenvalue weighted by molar-refractivity contribution is 6.30. The van der Waals surface area contributed by atoms with Crippen molar-refractivity contribution in [3.8, 4) is 0 Å². The number of nitrogens with zero attached hydrogens (tertiary/aromatic N) is 1. The lowest BCUT2D eigenvalue weighted by molar-refractivity contribution is -0.143. The minimum atomic E-state index is -0.273. The lowest BCUT2D eigenvalue weighted by Crippen LogP contribution is -2.28. The van der Waals surface area contributed by atoms with Gasteiger partial charge in [0.1, 0.15) is 6.61 Å². The Kier molecular flexibility index (Phi) is 7.48. The number of aryl methyl sites for hydroxylation is 1. The van der Waals surface area contributed by atoms with Crippen LogP contribution >= 0.6 is 24.0 Å². The van der Waals surface area contributed by atoms with E-state index in [-0.39, 0.29) is 36.6 Å². The monoisotopic (exact) mass is 410 g/mol. The number of benzene rings is 1. The van der Waals surface area contributed by atoms with E-state index in [9.17, 15) is 9.59 Å². The van der Waals surface area contributed by atoms with Crippen LogP contribution in [0.1, 0.15) is 40.2 Å². The first-order valence-corrected chi connectivity index (χ1v) is 9.18. The Morgan fingerprint density at radius 1 is 1.30 bits per heavy atom. The van der Waals surface area contributed by atoms with Crippen molar-refractivity contribution in [2.24, 2.45) is 7.05 Å². The summed E-state index contributed by atoms with van der Waals surface area (Å²) in [7, 11) is 1.80. The van der Waals surface area contributed by atoms with Crippen LogP contribution in [0.4, 0.5) is 0 Å². The average Bonchev–Trinajstić information content (AvgIpc) is 3.22. The van der Waals surface area contributed by atoms with Gasteiger partial charge in [-0.15, -0.1) is 12.4 Å². The maximum absolute atomic E-state index is 12.8. The molecule has 0 aliphatic carbocycles. The molecule has 1 aliphatic heterocycles. The summed E-state index contributed by atoms with van der Waals surface area (Å²) >= 11 is 5.89. The number of halogens is 2. The fourth-order valence-corrected chi connectivity index (χ4v) is 3.48. The Labute approximate surface area is 170 Å². The van der Waals surface area contributed by atoms with Crippen LogP contribution in [-0.2, 0) is 23.0 Å². The van der Waals surface area contributed by atoms with E-state index in [1.165, 1.54) is 0 Å². The summed E-state index contributed by atoms with van der Waals surface area (Å²) in [4.78, 5) is 25.0. The summed E-state index contributed by atoms with van der Waals surface area (Å²) in [5.74, 6) is -0.360. The van der Waals surface area contributed by atoms with Crippen LogP contribution in [0.3, 0.4) is 0 Å². The molecule has 27 heavy (non-hydrogen) atoms. The van der Waals surface area contributed by atoms with Crippen molar-refractivity contribution < 1.29 is 14.3 Å². The van der Waals surface area contributed by atoms with E-state index >= 15 is 0 Å². The summed E-state index contributed by atoms with van der Waals surface area (Å²) in [5, 5.41) is 3.89. The number of hydrogen-bond donors (Lipinski definition) is 1. The van der Waals surface area contributed by atoms with Gasteiger partial charge in [-0.2, -0.15) is 0 Å². The highest BCUT2D eigenvalue weighted by atomic mass is 35.5. The first kappa shape index (κ1) is 21.5. The third kappa shape index (κ3) is 5.12. The van der Waals surface area contributed by atoms with E-state index in [1.54, 1.807) is 35.9 Å². The number of ketones is 1. The molecule has 1 unspecified atom stereocenters. The van der Waals surface area contributed by atoms with Gasteiger partial charge in [0.15, 0.2) is 0 Å². The van der Waals surface area contributed by atoms with Crippen LogP contribution in [0.5, 0.6) is 0 Å². The fraction of sp³-hybridized carbons (Fsp3) is 0.400. The maximum atomic E-state index is 12.8. The predicted molar refractivity (Wildman–Crippen MR) is 108 cm³/mol. The van der Waals surface area contributed by atoms with E-state index in [4.69, 9.17) is 16.3 Å². The van der Waals surface area contributed by atoms with Gasteiger partial charge in [-0.3, -0.25) is 9.59 Å². The van der Waals surface area contributed by atoms with Crippen molar-refractivity contribution >= 4 is 35.8 Å². The van der Waals surface area contributed by atoms with Gasteiger partial charge in [-0.05, 0) is 62.2 Å². The van der Waals surface area contributed by atoms with E-state index in [1.807, 2.05) is 13.0 Å². The Hall–Kier alpha value is -1.82. The average molecular weight is 411 g/mol. The van der Waals surface area contributed by atoms with E-state index < -0.39 is 0 Å². The number of carbonyl (C=O) groups is 2. The summed E-state index contributed by atoms with van der Waals surface area (Å²) in [5.41, 5.74) is 2.75. The van der Waals surface area contributed by atoms with Crippen LogP contribution in [-0.4, -0.2) is 35.5 Å². The molecular weight excluding hydrogens is 387 g/mol. The van der Waals surface area contributed by atoms with Gasteiger partial charge in [-0.25, -0.2) is 0 Å². The number of hydrogen-bond acceptors (Lipinski definition) is 4. The maximum Gasteiger partial charge on any atom is 0.311 e. The molecule has 0 bridgehead atoms. The topological polar surface area (TPSA) is 60.3 Å². The van der Waals surface area contributed by atoms with Crippen LogP contribution < -0.4 is 5.32 Å². The molecule has 1 fully saturated rings. The second kappa shape index (κ2) is 9.40. The molecule has 1 atom stereocenters. The molecule has 0 amide bonds. The standard InChI is InChI=1S/C20H23ClN2O3.ClH/c1-13-10-17(11-18(24)26-12-16-4-3-9-22-16)23(2)19(13)20(25)14-5-7-15(21)8-6-14;/h5-8,10,16,22H,3-4,9,11-12H2,1-2H3;1H.